The van der Waals surface area contributed by atoms with Crippen molar-refractivity contribution < 1.29 is 24.5 Å². The summed E-state index contributed by atoms with van der Waals surface area (Å²) in [6, 6.07) is 16.0. The lowest BCUT2D eigenvalue weighted by Gasteiger charge is -2.25. The molecule has 1 aliphatic rings. The lowest BCUT2D eigenvalue weighted by molar-refractivity contribution is -0.385. The molecule has 4 rings (SSSR count). The molecule has 1 atom stereocenters. The summed E-state index contributed by atoms with van der Waals surface area (Å²) < 4.78 is 0. The standard InChI is InChI=1S/C24H17N3O7/c1-14-3-2-4-19(13-14)25-21(15-5-9-17(10-6-15)26(31)32)20(23(29)24(25)30)22(28)16-7-11-18(12-8-16)27(33)34/h2-13,21,28H,1H3/t21-/m0/s1. The van der Waals surface area contributed by atoms with Gasteiger partial charge in [0.05, 0.1) is 21.5 Å². The van der Waals surface area contributed by atoms with Crippen molar-refractivity contribution in [2.75, 3.05) is 4.90 Å². The number of carbonyl (C=O) groups excluding carboxylic acids is 2. The third kappa shape index (κ3) is 3.88. The monoisotopic (exact) mass is 459 g/mol. The number of benzene rings is 3. The van der Waals surface area contributed by atoms with Crippen molar-refractivity contribution in [1.29, 1.82) is 0 Å². The van der Waals surface area contributed by atoms with Crippen LogP contribution in [0.2, 0.25) is 0 Å². The quantitative estimate of drug-likeness (QED) is 0.195. The molecule has 0 unspecified atom stereocenters. The molecule has 170 valence electrons. The summed E-state index contributed by atoms with van der Waals surface area (Å²) in [5.74, 6) is -2.33. The maximum atomic E-state index is 13.1. The molecule has 1 heterocycles. The van der Waals surface area contributed by atoms with Crippen LogP contribution in [0.1, 0.15) is 22.7 Å². The third-order valence-corrected chi connectivity index (χ3v) is 5.50. The van der Waals surface area contributed by atoms with Gasteiger partial charge in [-0.3, -0.25) is 34.7 Å². The Bertz CT molecular complexity index is 1360. The minimum Gasteiger partial charge on any atom is -0.507 e. The SMILES string of the molecule is Cc1cccc(N2C(=O)C(=O)C(=C(O)c3ccc([N+](=O)[O-])cc3)[C@@H]2c2ccc([N+](=O)[O-])cc2)c1. The molecule has 0 saturated carbocycles. The van der Waals surface area contributed by atoms with Crippen LogP contribution in [0.3, 0.4) is 0 Å². The van der Waals surface area contributed by atoms with E-state index >= 15 is 0 Å². The van der Waals surface area contributed by atoms with E-state index in [0.717, 1.165) is 5.56 Å². The second-order valence-corrected chi connectivity index (χ2v) is 7.66. The molecule has 10 heteroatoms. The summed E-state index contributed by atoms with van der Waals surface area (Å²) in [7, 11) is 0. The van der Waals surface area contributed by atoms with Crippen molar-refractivity contribution >= 4 is 34.5 Å². The summed E-state index contributed by atoms with van der Waals surface area (Å²) in [5.41, 5.74) is 1.12. The number of nitrogens with zero attached hydrogens (tertiary/aromatic N) is 3. The van der Waals surface area contributed by atoms with E-state index in [1.807, 2.05) is 13.0 Å². The molecule has 1 amide bonds. The van der Waals surface area contributed by atoms with Crippen LogP contribution in [0.4, 0.5) is 17.1 Å². The highest BCUT2D eigenvalue weighted by Gasteiger charge is 2.47. The first-order valence-electron chi connectivity index (χ1n) is 10.1. The van der Waals surface area contributed by atoms with Crippen LogP contribution in [-0.4, -0.2) is 26.6 Å². The first-order valence-corrected chi connectivity index (χ1v) is 10.1. The maximum absolute atomic E-state index is 13.1. The highest BCUT2D eigenvalue weighted by Crippen LogP contribution is 2.42. The van der Waals surface area contributed by atoms with Crippen molar-refractivity contribution in [2.45, 2.75) is 13.0 Å². The van der Waals surface area contributed by atoms with Crippen LogP contribution in [0, 0.1) is 27.2 Å². The van der Waals surface area contributed by atoms with Crippen molar-refractivity contribution in [1.82, 2.24) is 0 Å². The average molecular weight is 459 g/mol. The number of aliphatic hydroxyl groups is 1. The van der Waals surface area contributed by atoms with Crippen LogP contribution >= 0.6 is 0 Å². The number of rotatable bonds is 5. The predicted molar refractivity (Wildman–Crippen MR) is 122 cm³/mol. The lowest BCUT2D eigenvalue weighted by Crippen LogP contribution is -2.29. The predicted octanol–water partition coefficient (Wildman–Crippen LogP) is 4.44. The Labute approximate surface area is 192 Å². The number of non-ortho nitro benzene ring substituents is 2. The van der Waals surface area contributed by atoms with Crippen LogP contribution in [-0.2, 0) is 9.59 Å². The van der Waals surface area contributed by atoms with Gasteiger partial charge in [0.15, 0.2) is 0 Å². The maximum Gasteiger partial charge on any atom is 0.300 e. The van der Waals surface area contributed by atoms with Gasteiger partial charge in [-0.15, -0.1) is 0 Å². The molecule has 1 N–H and O–H groups in total. The average Bonchev–Trinajstić information content (AvgIpc) is 3.09. The van der Waals surface area contributed by atoms with Gasteiger partial charge in [-0.25, -0.2) is 0 Å². The number of nitro benzene ring substituents is 2. The zero-order chi connectivity index (χ0) is 24.6. The van der Waals surface area contributed by atoms with Crippen LogP contribution in [0.5, 0.6) is 0 Å². The van der Waals surface area contributed by atoms with E-state index in [-0.39, 0.29) is 22.5 Å². The van der Waals surface area contributed by atoms with Crippen molar-refractivity contribution in [3.8, 4) is 0 Å². The first kappa shape index (κ1) is 22.3. The Kier molecular flexibility index (Phi) is 5.64. The Morgan fingerprint density at radius 1 is 0.882 bits per heavy atom. The molecule has 3 aromatic rings. The molecule has 10 nitrogen and oxygen atoms in total. The second-order valence-electron chi connectivity index (χ2n) is 7.66. The molecule has 1 aliphatic heterocycles. The van der Waals surface area contributed by atoms with Gasteiger partial charge in [0.25, 0.3) is 23.1 Å². The molecule has 1 saturated heterocycles. The molecular weight excluding hydrogens is 442 g/mol. The van der Waals surface area contributed by atoms with Gasteiger partial charge in [0, 0.05) is 35.5 Å². The third-order valence-electron chi connectivity index (χ3n) is 5.50. The number of nitro groups is 2. The molecule has 0 spiro atoms. The lowest BCUT2D eigenvalue weighted by atomic mass is 9.95. The zero-order valence-electron chi connectivity index (χ0n) is 17.7. The summed E-state index contributed by atoms with van der Waals surface area (Å²) in [6.45, 7) is 1.82. The van der Waals surface area contributed by atoms with Gasteiger partial charge < -0.3 is 5.11 Å². The fourth-order valence-electron chi connectivity index (χ4n) is 3.87. The van der Waals surface area contributed by atoms with Crippen LogP contribution in [0.25, 0.3) is 5.76 Å². The van der Waals surface area contributed by atoms with E-state index in [1.54, 1.807) is 18.2 Å². The van der Waals surface area contributed by atoms with Gasteiger partial charge in [0.1, 0.15) is 5.76 Å². The zero-order valence-corrected chi connectivity index (χ0v) is 17.7. The van der Waals surface area contributed by atoms with E-state index in [4.69, 9.17) is 0 Å². The largest absolute Gasteiger partial charge is 0.507 e. The van der Waals surface area contributed by atoms with E-state index in [1.165, 1.54) is 53.4 Å². The fourth-order valence-corrected chi connectivity index (χ4v) is 3.87. The number of hydrogen-bond acceptors (Lipinski definition) is 7. The van der Waals surface area contributed by atoms with Gasteiger partial charge in [-0.1, -0.05) is 12.1 Å². The van der Waals surface area contributed by atoms with Crippen LogP contribution < -0.4 is 4.90 Å². The number of anilines is 1. The highest BCUT2D eigenvalue weighted by molar-refractivity contribution is 6.51. The van der Waals surface area contributed by atoms with E-state index in [2.05, 4.69) is 0 Å². The number of hydrogen-bond donors (Lipinski definition) is 1. The first-order chi connectivity index (χ1) is 16.2. The number of Topliss-reactive ketones (excluding diaryl/α,β-unsaturated/α-hetero) is 1. The van der Waals surface area contributed by atoms with Crippen molar-refractivity contribution in [2.24, 2.45) is 0 Å². The molecule has 0 aromatic heterocycles. The molecule has 1 fully saturated rings. The number of carbonyl (C=O) groups is 2. The van der Waals surface area contributed by atoms with Gasteiger partial charge in [-0.2, -0.15) is 0 Å². The Hall–Kier alpha value is -4.86. The molecule has 0 radical (unpaired) electrons. The Morgan fingerprint density at radius 3 is 1.97 bits per heavy atom. The molecular formula is C24H17N3O7. The molecule has 34 heavy (non-hydrogen) atoms. The second kappa shape index (κ2) is 8.58. The van der Waals surface area contributed by atoms with Gasteiger partial charge in [-0.05, 0) is 54.4 Å². The number of ketones is 1. The highest BCUT2D eigenvalue weighted by atomic mass is 16.6. The molecule has 0 bridgehead atoms. The molecule has 3 aromatic carbocycles. The normalized spacial score (nSPS) is 17.1. The summed E-state index contributed by atoms with van der Waals surface area (Å²) in [4.78, 5) is 48.3. The number of amides is 1. The Morgan fingerprint density at radius 2 is 1.44 bits per heavy atom. The van der Waals surface area contributed by atoms with Crippen molar-refractivity contribution in [3.05, 3.63) is 115 Å². The van der Waals surface area contributed by atoms with Gasteiger partial charge >= 0.3 is 0 Å². The number of aryl methyl sites for hydroxylation is 1. The summed E-state index contributed by atoms with van der Waals surface area (Å²) in [6.07, 6.45) is 0. The van der Waals surface area contributed by atoms with E-state index in [0.29, 0.717) is 11.3 Å². The van der Waals surface area contributed by atoms with Crippen LogP contribution in [0.15, 0.2) is 78.4 Å². The van der Waals surface area contributed by atoms with Gasteiger partial charge in [0.2, 0.25) is 0 Å². The minimum absolute atomic E-state index is 0.111. The fraction of sp³-hybridized carbons (Fsp3) is 0.0833. The van der Waals surface area contributed by atoms with E-state index in [9.17, 15) is 34.9 Å². The Balaban J connectivity index is 1.92. The van der Waals surface area contributed by atoms with Crippen molar-refractivity contribution in [3.63, 3.8) is 0 Å². The summed E-state index contributed by atoms with van der Waals surface area (Å²) >= 11 is 0. The molecule has 0 aliphatic carbocycles. The smallest absolute Gasteiger partial charge is 0.300 e. The summed E-state index contributed by atoms with van der Waals surface area (Å²) in [5, 5.41) is 33.1. The minimum atomic E-state index is -1.07. The van der Waals surface area contributed by atoms with E-state index < -0.39 is 33.3 Å². The topological polar surface area (TPSA) is 144 Å². The number of aliphatic hydroxyl groups excluding tert-OH is 1.